The van der Waals surface area contributed by atoms with Crippen molar-refractivity contribution in [2.24, 2.45) is 0 Å². The zero-order valence-corrected chi connectivity index (χ0v) is 16.7. The molecule has 30 heavy (non-hydrogen) atoms. The molecule has 0 radical (unpaired) electrons. The molecule has 0 aliphatic rings. The van der Waals surface area contributed by atoms with Crippen molar-refractivity contribution < 1.29 is 9.59 Å². The van der Waals surface area contributed by atoms with E-state index in [4.69, 9.17) is 5.26 Å². The fraction of sp³-hybridized carbons (Fsp3) is 0.174. The number of nitriles is 1. The van der Waals surface area contributed by atoms with Gasteiger partial charge >= 0.3 is 0 Å². The Morgan fingerprint density at radius 3 is 2.43 bits per heavy atom. The van der Waals surface area contributed by atoms with E-state index in [0.717, 1.165) is 16.8 Å². The maximum atomic E-state index is 12.4. The highest BCUT2D eigenvalue weighted by Gasteiger charge is 2.13. The standard InChI is InChI=1S/C23H21N5O2/c1-15(2)27-23(30)21-8-4-7-20(28-21)22(29)26-14-17-9-10-19(25-13-17)18-6-3-5-16(11-18)12-24/h3-11,13,15H,14H2,1-2H3,(H,26,29)(H,27,30). The summed E-state index contributed by atoms with van der Waals surface area (Å²) in [4.78, 5) is 33.0. The van der Waals surface area contributed by atoms with E-state index in [1.807, 2.05) is 38.1 Å². The van der Waals surface area contributed by atoms with Gasteiger partial charge in [0, 0.05) is 24.3 Å². The van der Waals surface area contributed by atoms with Crippen molar-refractivity contribution >= 4 is 11.8 Å². The molecule has 2 aromatic heterocycles. The van der Waals surface area contributed by atoms with E-state index in [1.165, 1.54) is 0 Å². The van der Waals surface area contributed by atoms with Gasteiger partial charge in [0.15, 0.2) is 0 Å². The fourth-order valence-corrected chi connectivity index (χ4v) is 2.74. The maximum Gasteiger partial charge on any atom is 0.270 e. The van der Waals surface area contributed by atoms with Crippen molar-refractivity contribution in [2.75, 3.05) is 0 Å². The molecule has 7 heteroatoms. The molecule has 3 aromatic rings. The second-order valence-electron chi connectivity index (χ2n) is 6.96. The largest absolute Gasteiger partial charge is 0.349 e. The molecule has 0 fully saturated rings. The summed E-state index contributed by atoms with van der Waals surface area (Å²) < 4.78 is 0. The van der Waals surface area contributed by atoms with Crippen LogP contribution in [0.5, 0.6) is 0 Å². The number of hydrogen-bond donors (Lipinski definition) is 2. The average molecular weight is 399 g/mol. The summed E-state index contributed by atoms with van der Waals surface area (Å²) >= 11 is 0. The van der Waals surface area contributed by atoms with Crippen molar-refractivity contribution in [1.29, 1.82) is 5.26 Å². The van der Waals surface area contributed by atoms with Crippen LogP contribution in [0, 0.1) is 11.3 Å². The van der Waals surface area contributed by atoms with E-state index in [1.54, 1.807) is 36.5 Å². The first-order valence-corrected chi connectivity index (χ1v) is 9.48. The Kier molecular flexibility index (Phi) is 6.50. The second kappa shape index (κ2) is 9.43. The average Bonchev–Trinajstić information content (AvgIpc) is 2.77. The molecule has 0 saturated heterocycles. The van der Waals surface area contributed by atoms with Crippen LogP contribution in [0.3, 0.4) is 0 Å². The van der Waals surface area contributed by atoms with Crippen molar-refractivity contribution in [3.05, 3.63) is 83.3 Å². The van der Waals surface area contributed by atoms with E-state index < -0.39 is 0 Å². The molecule has 0 unspecified atom stereocenters. The zero-order valence-electron chi connectivity index (χ0n) is 16.7. The number of amides is 2. The van der Waals surface area contributed by atoms with E-state index in [-0.39, 0.29) is 35.8 Å². The Hall–Kier alpha value is -4.05. The second-order valence-corrected chi connectivity index (χ2v) is 6.96. The van der Waals surface area contributed by atoms with Gasteiger partial charge in [-0.15, -0.1) is 0 Å². The lowest BCUT2D eigenvalue weighted by atomic mass is 10.1. The van der Waals surface area contributed by atoms with Crippen molar-refractivity contribution in [1.82, 2.24) is 20.6 Å². The Labute approximate surface area is 174 Å². The fourth-order valence-electron chi connectivity index (χ4n) is 2.74. The van der Waals surface area contributed by atoms with Gasteiger partial charge in [0.1, 0.15) is 11.4 Å². The summed E-state index contributed by atoms with van der Waals surface area (Å²) in [6.07, 6.45) is 1.68. The molecule has 3 rings (SSSR count). The number of carbonyl (C=O) groups excluding carboxylic acids is 2. The minimum absolute atomic E-state index is 0.0189. The van der Waals surface area contributed by atoms with Crippen LogP contribution in [0.1, 0.15) is 46.0 Å². The molecule has 1 aromatic carbocycles. The predicted octanol–water partition coefficient (Wildman–Crippen LogP) is 3.08. The molecule has 0 aliphatic heterocycles. The van der Waals surface area contributed by atoms with E-state index in [0.29, 0.717) is 5.56 Å². The maximum absolute atomic E-state index is 12.4. The lowest BCUT2D eigenvalue weighted by Gasteiger charge is -2.09. The third-order valence-corrected chi connectivity index (χ3v) is 4.20. The molecule has 2 heterocycles. The summed E-state index contributed by atoms with van der Waals surface area (Å²) in [5.41, 5.74) is 3.35. The van der Waals surface area contributed by atoms with Crippen LogP contribution in [0.2, 0.25) is 0 Å². The summed E-state index contributed by atoms with van der Waals surface area (Å²) in [5.74, 6) is -0.695. The number of nitrogens with zero attached hydrogens (tertiary/aromatic N) is 3. The minimum atomic E-state index is -0.375. The van der Waals surface area contributed by atoms with Crippen LogP contribution in [0.25, 0.3) is 11.3 Å². The molecule has 2 N–H and O–H groups in total. The molecule has 0 spiro atoms. The number of carbonyl (C=O) groups is 2. The van der Waals surface area contributed by atoms with Gasteiger partial charge in [0.05, 0.1) is 17.3 Å². The van der Waals surface area contributed by atoms with Crippen LogP contribution in [-0.4, -0.2) is 27.8 Å². The number of benzene rings is 1. The Balaban J connectivity index is 1.64. The molecule has 0 aliphatic carbocycles. The van der Waals surface area contributed by atoms with Gasteiger partial charge < -0.3 is 10.6 Å². The van der Waals surface area contributed by atoms with Crippen molar-refractivity contribution in [3.63, 3.8) is 0 Å². The molecule has 0 bridgehead atoms. The van der Waals surface area contributed by atoms with Gasteiger partial charge in [-0.3, -0.25) is 14.6 Å². The highest BCUT2D eigenvalue weighted by Crippen LogP contribution is 2.18. The molecular formula is C23H21N5O2. The van der Waals surface area contributed by atoms with Gasteiger partial charge in [-0.2, -0.15) is 5.26 Å². The van der Waals surface area contributed by atoms with E-state index >= 15 is 0 Å². The number of pyridine rings is 2. The van der Waals surface area contributed by atoms with Crippen LogP contribution < -0.4 is 10.6 Å². The van der Waals surface area contributed by atoms with E-state index in [2.05, 4.69) is 26.7 Å². The first-order valence-electron chi connectivity index (χ1n) is 9.48. The smallest absolute Gasteiger partial charge is 0.270 e. The first kappa shape index (κ1) is 20.7. The first-order chi connectivity index (χ1) is 14.5. The number of aromatic nitrogens is 2. The molecule has 2 amide bonds. The SMILES string of the molecule is CC(C)NC(=O)c1cccc(C(=O)NCc2ccc(-c3cccc(C#N)c3)nc2)n1. The predicted molar refractivity (Wildman–Crippen MR) is 112 cm³/mol. The minimum Gasteiger partial charge on any atom is -0.349 e. The lowest BCUT2D eigenvalue weighted by Crippen LogP contribution is -2.31. The van der Waals surface area contributed by atoms with Gasteiger partial charge in [0.25, 0.3) is 11.8 Å². The van der Waals surface area contributed by atoms with Gasteiger partial charge in [0.2, 0.25) is 0 Å². The molecule has 150 valence electrons. The Morgan fingerprint density at radius 2 is 1.77 bits per heavy atom. The molecule has 0 saturated carbocycles. The summed E-state index contributed by atoms with van der Waals surface area (Å²) in [7, 11) is 0. The topological polar surface area (TPSA) is 108 Å². The van der Waals surface area contributed by atoms with Crippen LogP contribution in [-0.2, 0) is 6.54 Å². The number of hydrogen-bond acceptors (Lipinski definition) is 5. The molecule has 7 nitrogen and oxygen atoms in total. The summed E-state index contributed by atoms with van der Waals surface area (Å²) in [5, 5.41) is 14.6. The summed E-state index contributed by atoms with van der Waals surface area (Å²) in [6.45, 7) is 3.98. The third-order valence-electron chi connectivity index (χ3n) is 4.20. The van der Waals surface area contributed by atoms with Crippen molar-refractivity contribution in [3.8, 4) is 17.3 Å². The van der Waals surface area contributed by atoms with Crippen LogP contribution >= 0.6 is 0 Å². The monoisotopic (exact) mass is 399 g/mol. The third kappa shape index (κ3) is 5.26. The number of rotatable bonds is 6. The molecule has 0 atom stereocenters. The highest BCUT2D eigenvalue weighted by molar-refractivity contribution is 5.96. The van der Waals surface area contributed by atoms with Crippen molar-refractivity contribution in [2.45, 2.75) is 26.4 Å². The van der Waals surface area contributed by atoms with Crippen LogP contribution in [0.15, 0.2) is 60.8 Å². The van der Waals surface area contributed by atoms with Crippen LogP contribution in [0.4, 0.5) is 0 Å². The zero-order chi connectivity index (χ0) is 21.5. The molecular weight excluding hydrogens is 378 g/mol. The quantitative estimate of drug-likeness (QED) is 0.662. The Bertz CT molecular complexity index is 1100. The van der Waals surface area contributed by atoms with Gasteiger partial charge in [-0.1, -0.05) is 24.3 Å². The van der Waals surface area contributed by atoms with Gasteiger partial charge in [-0.05, 0) is 49.7 Å². The lowest BCUT2D eigenvalue weighted by molar-refractivity contribution is 0.0936. The highest BCUT2D eigenvalue weighted by atomic mass is 16.2. The van der Waals surface area contributed by atoms with Gasteiger partial charge in [-0.25, -0.2) is 4.98 Å². The normalized spacial score (nSPS) is 10.3. The number of nitrogens with one attached hydrogen (secondary N) is 2. The van der Waals surface area contributed by atoms with E-state index in [9.17, 15) is 9.59 Å². The Morgan fingerprint density at radius 1 is 1.03 bits per heavy atom. The summed E-state index contributed by atoms with van der Waals surface area (Å²) in [6, 6.07) is 17.8.